The summed E-state index contributed by atoms with van der Waals surface area (Å²) < 4.78 is 25.7. The number of Topliss-reactive ketones (excluding diaryl/α,β-unsaturated/α-hetero) is 1. The molecule has 2 aromatic carbocycles. The highest BCUT2D eigenvalue weighted by Crippen LogP contribution is 2.44. The second kappa shape index (κ2) is 11.2. The molecule has 224 valence electrons. The smallest absolute Gasteiger partial charge is 0.296 e. The molecule has 3 aliphatic rings. The van der Waals surface area contributed by atoms with Crippen LogP contribution in [-0.2, 0) is 24.8 Å². The zero-order valence-corrected chi connectivity index (χ0v) is 25.7. The van der Waals surface area contributed by atoms with Crippen LogP contribution in [0.3, 0.4) is 0 Å². The van der Waals surface area contributed by atoms with E-state index in [2.05, 4.69) is 25.8 Å². The molecule has 0 saturated heterocycles. The van der Waals surface area contributed by atoms with Gasteiger partial charge in [-0.2, -0.15) is 0 Å². The molecule has 3 unspecified atom stereocenters. The van der Waals surface area contributed by atoms with E-state index in [1.807, 2.05) is 43.3 Å². The van der Waals surface area contributed by atoms with E-state index in [0.717, 1.165) is 35.0 Å². The van der Waals surface area contributed by atoms with Gasteiger partial charge in [-0.15, -0.1) is 0 Å². The summed E-state index contributed by atoms with van der Waals surface area (Å²) >= 11 is 0.842. The zero-order valence-electron chi connectivity index (χ0n) is 24.1. The minimum atomic E-state index is -4.00. The van der Waals surface area contributed by atoms with Gasteiger partial charge in [-0.25, -0.2) is 8.42 Å². The minimum absolute atomic E-state index is 0.0545. The van der Waals surface area contributed by atoms with E-state index < -0.39 is 48.8 Å². The number of amidine groups is 1. The van der Waals surface area contributed by atoms with Crippen LogP contribution in [0.4, 0.5) is 5.69 Å². The molecule has 2 aliphatic heterocycles. The van der Waals surface area contributed by atoms with Crippen LogP contribution in [0, 0.1) is 16.0 Å². The van der Waals surface area contributed by atoms with Gasteiger partial charge < -0.3 is 5.11 Å². The fourth-order valence-electron chi connectivity index (χ4n) is 5.21. The first-order chi connectivity index (χ1) is 20.2. The lowest BCUT2D eigenvalue weighted by Crippen LogP contribution is -2.35. The molecule has 10 nitrogen and oxygen atoms in total. The van der Waals surface area contributed by atoms with E-state index in [-0.39, 0.29) is 33.3 Å². The standard InChI is InChI=1S/C31H31N3O7S2/c1-18-5-7-20(8-6-18)27(35)25-26(19-9-11-21(12-10-19)31(2,3)4)33(29(37)28(25)36)30-32-17-24(42-30)43(40,41)23-15-13-22(14-16-23)34(38)39/h5-7,9-16,20,24,26,36H,8,17H2,1-4H3. The number of nitrogens with zero attached hydrogens (tertiary/aromatic N) is 3. The largest absolute Gasteiger partial charge is 0.503 e. The van der Waals surface area contributed by atoms with Crippen LogP contribution in [0.1, 0.15) is 51.3 Å². The fourth-order valence-corrected chi connectivity index (χ4v) is 8.23. The van der Waals surface area contributed by atoms with Gasteiger partial charge in [-0.1, -0.05) is 80.6 Å². The summed E-state index contributed by atoms with van der Waals surface area (Å²) in [7, 11) is -4.00. The van der Waals surface area contributed by atoms with Gasteiger partial charge in [-0.3, -0.25) is 29.6 Å². The lowest BCUT2D eigenvalue weighted by molar-refractivity contribution is -0.384. The van der Waals surface area contributed by atoms with Crippen molar-refractivity contribution in [2.45, 2.75) is 55.1 Å². The number of aliphatic imine (C=N–C) groups is 1. The Balaban J connectivity index is 1.49. The summed E-state index contributed by atoms with van der Waals surface area (Å²) in [5.41, 5.74) is 2.17. The number of aliphatic hydroxyl groups excluding tert-OH is 1. The fraction of sp³-hybridized carbons (Fsp3) is 0.323. The van der Waals surface area contributed by atoms with Gasteiger partial charge >= 0.3 is 0 Å². The molecule has 12 heteroatoms. The number of nitro benzene ring substituents is 1. The Labute approximate surface area is 254 Å². The van der Waals surface area contributed by atoms with Crippen molar-refractivity contribution in [2.75, 3.05) is 6.54 Å². The molecule has 1 aliphatic carbocycles. The monoisotopic (exact) mass is 621 g/mol. The van der Waals surface area contributed by atoms with Gasteiger partial charge in [0.1, 0.15) is 4.58 Å². The van der Waals surface area contributed by atoms with Crippen LogP contribution in [0.25, 0.3) is 0 Å². The Kier molecular flexibility index (Phi) is 7.95. The van der Waals surface area contributed by atoms with Crippen LogP contribution < -0.4 is 0 Å². The summed E-state index contributed by atoms with van der Waals surface area (Å²) in [6.07, 6.45) is 5.94. The number of sulfone groups is 1. The molecule has 2 aromatic rings. The summed E-state index contributed by atoms with van der Waals surface area (Å²) in [6.45, 7) is 7.93. The van der Waals surface area contributed by atoms with Gasteiger partial charge in [0.2, 0.25) is 0 Å². The predicted molar refractivity (Wildman–Crippen MR) is 164 cm³/mol. The molecule has 0 bridgehead atoms. The number of rotatable bonds is 6. The van der Waals surface area contributed by atoms with Gasteiger partial charge in [-0.05, 0) is 42.0 Å². The molecule has 0 saturated carbocycles. The van der Waals surface area contributed by atoms with Crippen molar-refractivity contribution in [3.63, 3.8) is 0 Å². The number of nitro groups is 1. The first-order valence-electron chi connectivity index (χ1n) is 13.7. The van der Waals surface area contributed by atoms with E-state index in [9.17, 15) is 33.2 Å². The van der Waals surface area contributed by atoms with Crippen molar-refractivity contribution in [3.05, 3.63) is 105 Å². The molecule has 0 radical (unpaired) electrons. The van der Waals surface area contributed by atoms with Crippen LogP contribution in [0.2, 0.25) is 0 Å². The second-order valence-electron chi connectivity index (χ2n) is 11.7. The average molecular weight is 622 g/mol. The number of carbonyl (C=O) groups is 2. The van der Waals surface area contributed by atoms with E-state index in [0.29, 0.717) is 12.0 Å². The molecule has 0 fully saturated rings. The Hall–Kier alpha value is -4.03. The third-order valence-electron chi connectivity index (χ3n) is 7.73. The normalized spacial score (nSPS) is 22.6. The van der Waals surface area contributed by atoms with E-state index in [1.54, 1.807) is 6.08 Å². The SMILES string of the molecule is CC1=CCC(C(=O)C2=C(O)C(=O)N(C3=NCC(S(=O)(=O)c4ccc([N+](=O)[O-])cc4)S3)C2c2ccc(C(C)(C)C)cc2)C=C1. The molecule has 0 spiro atoms. The summed E-state index contributed by atoms with van der Waals surface area (Å²) in [5, 5.41) is 22.2. The van der Waals surface area contributed by atoms with Crippen molar-refractivity contribution in [2.24, 2.45) is 10.9 Å². The van der Waals surface area contributed by atoms with Crippen LogP contribution in [-0.4, -0.2) is 51.3 Å². The zero-order chi connectivity index (χ0) is 31.3. The highest BCUT2D eigenvalue weighted by molar-refractivity contribution is 8.23. The number of ketones is 1. The molecule has 0 aromatic heterocycles. The summed E-state index contributed by atoms with van der Waals surface area (Å²) in [6, 6.07) is 11.0. The number of non-ortho nitro benzene ring substituents is 1. The summed E-state index contributed by atoms with van der Waals surface area (Å²) in [5.74, 6) is -2.48. The van der Waals surface area contributed by atoms with Gasteiger partial charge in [0, 0.05) is 18.1 Å². The molecule has 1 amide bonds. The number of aliphatic hydroxyl groups is 1. The van der Waals surface area contributed by atoms with Crippen molar-refractivity contribution in [1.82, 2.24) is 4.90 Å². The van der Waals surface area contributed by atoms with Crippen molar-refractivity contribution < 1.29 is 28.0 Å². The summed E-state index contributed by atoms with van der Waals surface area (Å²) in [4.78, 5) is 43.3. The van der Waals surface area contributed by atoms with Gasteiger partial charge in [0.05, 0.1) is 28.0 Å². The van der Waals surface area contributed by atoms with Crippen molar-refractivity contribution in [1.29, 1.82) is 0 Å². The molecule has 5 rings (SSSR count). The van der Waals surface area contributed by atoms with Crippen molar-refractivity contribution in [3.8, 4) is 0 Å². The maximum Gasteiger partial charge on any atom is 0.296 e. The number of carbonyl (C=O) groups excluding carboxylic acids is 2. The number of allylic oxidation sites excluding steroid dienone is 4. The van der Waals surface area contributed by atoms with Gasteiger partial charge in [0.15, 0.2) is 26.5 Å². The highest BCUT2D eigenvalue weighted by Gasteiger charge is 2.49. The third kappa shape index (κ3) is 5.68. The number of amides is 1. The minimum Gasteiger partial charge on any atom is -0.503 e. The lowest BCUT2D eigenvalue weighted by atomic mass is 9.83. The van der Waals surface area contributed by atoms with Crippen LogP contribution in [0.5, 0.6) is 0 Å². The van der Waals surface area contributed by atoms with Crippen molar-refractivity contribution >= 4 is 44.1 Å². The Morgan fingerprint density at radius 1 is 1.12 bits per heavy atom. The number of benzene rings is 2. The number of hydrogen-bond acceptors (Lipinski definition) is 9. The molecule has 1 N–H and O–H groups in total. The van der Waals surface area contributed by atoms with Crippen LogP contribution >= 0.6 is 11.8 Å². The van der Waals surface area contributed by atoms with E-state index in [4.69, 9.17) is 0 Å². The predicted octanol–water partition coefficient (Wildman–Crippen LogP) is 5.58. The maximum absolute atomic E-state index is 13.8. The van der Waals surface area contributed by atoms with E-state index >= 15 is 0 Å². The molecule has 43 heavy (non-hydrogen) atoms. The Morgan fingerprint density at radius 2 is 1.77 bits per heavy atom. The highest BCUT2D eigenvalue weighted by atomic mass is 32.3. The number of thioether (sulfide) groups is 1. The maximum atomic E-state index is 13.8. The first-order valence-corrected chi connectivity index (χ1v) is 16.1. The Morgan fingerprint density at radius 3 is 2.33 bits per heavy atom. The lowest BCUT2D eigenvalue weighted by Gasteiger charge is -2.28. The molecule has 3 atom stereocenters. The van der Waals surface area contributed by atoms with E-state index in [1.165, 1.54) is 17.0 Å². The average Bonchev–Trinajstić information content (AvgIpc) is 3.56. The number of hydrogen-bond donors (Lipinski definition) is 1. The molecular weight excluding hydrogens is 590 g/mol. The molecular formula is C31H31N3O7S2. The first kappa shape index (κ1) is 30.4. The topological polar surface area (TPSA) is 147 Å². The second-order valence-corrected chi connectivity index (χ2v) is 15.3. The quantitative estimate of drug-likeness (QED) is 0.325. The van der Waals surface area contributed by atoms with Gasteiger partial charge in [0.25, 0.3) is 11.6 Å². The van der Waals surface area contributed by atoms with Crippen LogP contribution in [0.15, 0.2) is 93.6 Å². The third-order valence-corrected chi connectivity index (χ3v) is 11.5. The Bertz CT molecular complexity index is 1730. The molecule has 2 heterocycles.